The van der Waals surface area contributed by atoms with E-state index in [1.807, 2.05) is 36.4 Å². The third-order valence-electron chi connectivity index (χ3n) is 4.70. The highest BCUT2D eigenvalue weighted by Gasteiger charge is 2.14. The summed E-state index contributed by atoms with van der Waals surface area (Å²) in [5.74, 6) is 0.967. The fourth-order valence-corrected chi connectivity index (χ4v) is 3.53. The van der Waals surface area contributed by atoms with Crippen molar-refractivity contribution in [1.82, 2.24) is 4.98 Å². The maximum absolute atomic E-state index is 12.6. The Morgan fingerprint density at radius 3 is 2.39 bits per heavy atom. The summed E-state index contributed by atoms with van der Waals surface area (Å²) in [5.41, 5.74) is 3.59. The van der Waals surface area contributed by atoms with Crippen molar-refractivity contribution in [1.29, 1.82) is 0 Å². The van der Waals surface area contributed by atoms with Crippen molar-refractivity contribution in [2.24, 2.45) is 0 Å². The second-order valence-corrected chi connectivity index (χ2v) is 8.19. The lowest BCUT2D eigenvalue weighted by molar-refractivity contribution is 0.0997. The molecule has 0 fully saturated rings. The number of amides is 1. The van der Waals surface area contributed by atoms with Gasteiger partial charge in [-0.2, -0.15) is 0 Å². The number of benzene rings is 3. The van der Waals surface area contributed by atoms with E-state index in [9.17, 15) is 4.79 Å². The average molecular weight is 494 g/mol. The first-order valence-corrected chi connectivity index (χ1v) is 10.6. The molecule has 0 saturated heterocycles. The van der Waals surface area contributed by atoms with Gasteiger partial charge in [-0.1, -0.05) is 27.5 Å². The van der Waals surface area contributed by atoms with E-state index < -0.39 is 0 Å². The molecule has 0 unspecified atom stereocenters. The summed E-state index contributed by atoms with van der Waals surface area (Å²) in [6.45, 7) is 0. The van der Waals surface area contributed by atoms with E-state index in [4.69, 9.17) is 20.4 Å². The zero-order valence-electron chi connectivity index (χ0n) is 15.9. The number of nitrogens with one attached hydrogen (secondary N) is 1. The number of carbonyl (C=O) groups excluding carboxylic acids is 1. The van der Waals surface area contributed by atoms with Crippen LogP contribution in [0.25, 0.3) is 33.9 Å². The van der Waals surface area contributed by atoms with E-state index in [0.717, 1.165) is 15.6 Å². The first kappa shape index (κ1) is 19.6. The van der Waals surface area contributed by atoms with Crippen LogP contribution in [0.15, 0.2) is 92.2 Å². The highest BCUT2D eigenvalue weighted by atomic mass is 79.9. The number of hydrogen-bond acceptors (Lipinski definition) is 4. The van der Waals surface area contributed by atoms with E-state index in [1.165, 1.54) is 0 Å². The predicted molar refractivity (Wildman–Crippen MR) is 124 cm³/mol. The number of hydrogen-bond donors (Lipinski definition) is 1. The summed E-state index contributed by atoms with van der Waals surface area (Å²) >= 11 is 9.34. The third-order valence-corrected chi connectivity index (χ3v) is 5.48. The molecular weight excluding hydrogens is 480 g/mol. The molecule has 5 aromatic rings. The molecule has 5 rings (SSSR count). The number of oxazole rings is 1. The Kier molecular flexibility index (Phi) is 5.10. The Balaban J connectivity index is 1.36. The van der Waals surface area contributed by atoms with Gasteiger partial charge in [-0.05, 0) is 78.9 Å². The SMILES string of the molecule is O=C(Nc1ccc2oc(-c3ccc(Br)cc3)nc2c1)c1ccc(-c2ccc(Cl)cc2)o1. The third kappa shape index (κ3) is 4.13. The number of fused-ring (bicyclic) bond motifs is 1. The van der Waals surface area contributed by atoms with Crippen molar-refractivity contribution in [2.75, 3.05) is 5.32 Å². The molecule has 2 aromatic heterocycles. The zero-order chi connectivity index (χ0) is 21.4. The zero-order valence-corrected chi connectivity index (χ0v) is 18.3. The summed E-state index contributed by atoms with van der Waals surface area (Å²) < 4.78 is 12.5. The minimum absolute atomic E-state index is 0.209. The van der Waals surface area contributed by atoms with Crippen LogP contribution in [-0.2, 0) is 0 Å². The van der Waals surface area contributed by atoms with E-state index >= 15 is 0 Å². The lowest BCUT2D eigenvalue weighted by atomic mass is 10.2. The molecule has 0 spiro atoms. The van der Waals surface area contributed by atoms with Crippen molar-refractivity contribution in [2.45, 2.75) is 0 Å². The maximum atomic E-state index is 12.6. The maximum Gasteiger partial charge on any atom is 0.291 e. The Morgan fingerprint density at radius 1 is 0.871 bits per heavy atom. The molecule has 7 heteroatoms. The van der Waals surface area contributed by atoms with Crippen LogP contribution in [0.4, 0.5) is 5.69 Å². The van der Waals surface area contributed by atoms with Crippen molar-refractivity contribution in [3.63, 3.8) is 0 Å². The summed E-state index contributed by atoms with van der Waals surface area (Å²) in [6, 6.07) is 23.6. The fourth-order valence-electron chi connectivity index (χ4n) is 3.14. The lowest BCUT2D eigenvalue weighted by Gasteiger charge is -2.02. The van der Waals surface area contributed by atoms with Gasteiger partial charge in [0.1, 0.15) is 11.3 Å². The quantitative estimate of drug-likeness (QED) is 0.283. The molecule has 1 N–H and O–H groups in total. The Labute approximate surface area is 190 Å². The molecule has 152 valence electrons. The topological polar surface area (TPSA) is 68.3 Å². The van der Waals surface area contributed by atoms with Gasteiger partial charge in [0.15, 0.2) is 11.3 Å². The Hall–Kier alpha value is -3.35. The van der Waals surface area contributed by atoms with Crippen LogP contribution < -0.4 is 5.32 Å². The molecule has 3 aromatic carbocycles. The predicted octanol–water partition coefficient (Wildman–Crippen LogP) is 7.42. The number of nitrogens with zero attached hydrogens (tertiary/aromatic N) is 1. The molecule has 0 bridgehead atoms. The van der Waals surface area contributed by atoms with Gasteiger partial charge in [0.05, 0.1) is 0 Å². The van der Waals surface area contributed by atoms with E-state index in [2.05, 4.69) is 26.2 Å². The standard InChI is InChI=1S/C24H14BrClN2O3/c25-16-5-1-15(2-6-16)24-28-19-13-18(9-10-21(19)31-24)27-23(29)22-12-11-20(30-22)14-3-7-17(26)8-4-14/h1-13H,(H,27,29). The van der Waals surface area contributed by atoms with Crippen molar-refractivity contribution in [3.8, 4) is 22.8 Å². The lowest BCUT2D eigenvalue weighted by Crippen LogP contribution is -2.10. The first-order chi connectivity index (χ1) is 15.0. The summed E-state index contributed by atoms with van der Waals surface area (Å²) in [7, 11) is 0. The second kappa shape index (κ2) is 8.06. The molecule has 0 atom stereocenters. The van der Waals surface area contributed by atoms with Gasteiger partial charge >= 0.3 is 0 Å². The normalized spacial score (nSPS) is 11.0. The summed E-state index contributed by atoms with van der Waals surface area (Å²) in [4.78, 5) is 17.2. The molecule has 0 aliphatic carbocycles. The van der Waals surface area contributed by atoms with Gasteiger partial charge in [-0.3, -0.25) is 4.79 Å². The largest absolute Gasteiger partial charge is 0.451 e. The fraction of sp³-hybridized carbons (Fsp3) is 0. The monoisotopic (exact) mass is 492 g/mol. The van der Waals surface area contributed by atoms with Gasteiger partial charge in [0.25, 0.3) is 5.91 Å². The minimum atomic E-state index is -0.351. The van der Waals surface area contributed by atoms with Crippen LogP contribution in [0.1, 0.15) is 10.6 Å². The van der Waals surface area contributed by atoms with Crippen LogP contribution in [0.2, 0.25) is 5.02 Å². The van der Waals surface area contributed by atoms with Gasteiger partial charge < -0.3 is 14.2 Å². The number of carbonyl (C=O) groups is 1. The molecule has 5 nitrogen and oxygen atoms in total. The molecule has 0 radical (unpaired) electrons. The van der Waals surface area contributed by atoms with Crippen molar-refractivity contribution >= 4 is 50.2 Å². The molecule has 31 heavy (non-hydrogen) atoms. The molecule has 0 aliphatic heterocycles. The van der Waals surface area contributed by atoms with Crippen LogP contribution in [0, 0.1) is 0 Å². The molecule has 1 amide bonds. The van der Waals surface area contributed by atoms with E-state index in [1.54, 1.807) is 42.5 Å². The van der Waals surface area contributed by atoms with Crippen LogP contribution in [-0.4, -0.2) is 10.9 Å². The van der Waals surface area contributed by atoms with Crippen molar-refractivity contribution < 1.29 is 13.6 Å². The van der Waals surface area contributed by atoms with Gasteiger partial charge in [-0.25, -0.2) is 4.98 Å². The number of rotatable bonds is 4. The van der Waals surface area contributed by atoms with Crippen LogP contribution in [0.3, 0.4) is 0 Å². The highest BCUT2D eigenvalue weighted by Crippen LogP contribution is 2.28. The van der Waals surface area contributed by atoms with Crippen LogP contribution >= 0.6 is 27.5 Å². The smallest absolute Gasteiger partial charge is 0.291 e. The van der Waals surface area contributed by atoms with E-state index in [0.29, 0.717) is 33.5 Å². The van der Waals surface area contributed by atoms with Crippen LogP contribution in [0.5, 0.6) is 0 Å². The average Bonchev–Trinajstić information content (AvgIpc) is 3.42. The number of furan rings is 1. The van der Waals surface area contributed by atoms with Gasteiger partial charge in [-0.15, -0.1) is 0 Å². The molecular formula is C24H14BrClN2O3. The Bertz CT molecular complexity index is 1390. The van der Waals surface area contributed by atoms with Crippen molar-refractivity contribution in [3.05, 3.63) is 94.1 Å². The highest BCUT2D eigenvalue weighted by molar-refractivity contribution is 9.10. The molecule has 2 heterocycles. The van der Waals surface area contributed by atoms with Gasteiger partial charge in [0.2, 0.25) is 5.89 Å². The summed E-state index contributed by atoms with van der Waals surface area (Å²) in [6.07, 6.45) is 0. The first-order valence-electron chi connectivity index (χ1n) is 9.39. The van der Waals surface area contributed by atoms with E-state index in [-0.39, 0.29) is 11.7 Å². The summed E-state index contributed by atoms with van der Waals surface area (Å²) in [5, 5.41) is 3.48. The Morgan fingerprint density at radius 2 is 1.61 bits per heavy atom. The number of halogens is 2. The molecule has 0 aliphatic rings. The number of anilines is 1. The van der Waals surface area contributed by atoms with Gasteiger partial charge in [0, 0.05) is 26.3 Å². The molecule has 0 saturated carbocycles. The minimum Gasteiger partial charge on any atom is -0.451 e. The second-order valence-electron chi connectivity index (χ2n) is 6.83. The number of aromatic nitrogens is 1.